The smallest absolute Gasteiger partial charge is 0.225 e. The van der Waals surface area contributed by atoms with Gasteiger partial charge in [-0.05, 0) is 34.4 Å². The summed E-state index contributed by atoms with van der Waals surface area (Å²) >= 11 is 0. The van der Waals surface area contributed by atoms with Gasteiger partial charge in [0.25, 0.3) is 0 Å². The Hall–Kier alpha value is -3.86. The summed E-state index contributed by atoms with van der Waals surface area (Å²) in [5, 5.41) is 11.0. The molecule has 2 N–H and O–H groups in total. The molecule has 5 aromatic rings. The second-order valence-electron chi connectivity index (χ2n) is 7.44. The van der Waals surface area contributed by atoms with Gasteiger partial charge in [0, 0.05) is 35.8 Å². The van der Waals surface area contributed by atoms with E-state index in [1.54, 1.807) is 0 Å². The number of H-pyrrole nitrogens is 1. The van der Waals surface area contributed by atoms with E-state index in [0.29, 0.717) is 25.2 Å². The highest BCUT2D eigenvalue weighted by Gasteiger charge is 2.09. The van der Waals surface area contributed by atoms with Crippen molar-refractivity contribution in [3.05, 3.63) is 96.3 Å². The van der Waals surface area contributed by atoms with Crippen LogP contribution in [-0.4, -0.2) is 20.7 Å². The summed E-state index contributed by atoms with van der Waals surface area (Å²) in [7, 11) is 0. The quantitative estimate of drug-likeness (QED) is 0.419. The second-order valence-corrected chi connectivity index (χ2v) is 7.44. The lowest BCUT2D eigenvalue weighted by atomic mass is 10.0. The van der Waals surface area contributed by atoms with Gasteiger partial charge in [0.1, 0.15) is 0 Å². The number of benzene rings is 3. The summed E-state index contributed by atoms with van der Waals surface area (Å²) in [6.45, 7) is 0.659. The molecule has 0 aliphatic rings. The van der Waals surface area contributed by atoms with E-state index < -0.39 is 0 Å². The molecule has 0 bridgehead atoms. The molecule has 0 aliphatic carbocycles. The van der Waals surface area contributed by atoms with Crippen molar-refractivity contribution in [2.24, 2.45) is 0 Å². The van der Waals surface area contributed by atoms with Crippen molar-refractivity contribution >= 4 is 33.4 Å². The number of nitrogens with one attached hydrogen (secondary N) is 2. The van der Waals surface area contributed by atoms with Crippen LogP contribution >= 0.6 is 0 Å². The van der Waals surface area contributed by atoms with Crippen molar-refractivity contribution in [1.29, 1.82) is 0 Å². The molecule has 1 amide bonds. The summed E-state index contributed by atoms with van der Waals surface area (Å²) in [4.78, 5) is 15.7. The van der Waals surface area contributed by atoms with Crippen LogP contribution in [0.1, 0.15) is 17.5 Å². The first-order valence-electron chi connectivity index (χ1n) is 10.1. The first-order valence-corrected chi connectivity index (χ1v) is 10.1. The van der Waals surface area contributed by atoms with Gasteiger partial charge in [-0.3, -0.25) is 9.48 Å². The van der Waals surface area contributed by atoms with Gasteiger partial charge in [-0.1, -0.05) is 60.7 Å². The minimum absolute atomic E-state index is 0.0318. The fraction of sp³-hybridized carbons (Fsp3) is 0.120. The molecule has 30 heavy (non-hydrogen) atoms. The lowest BCUT2D eigenvalue weighted by Crippen LogP contribution is -2.13. The Morgan fingerprint density at radius 2 is 1.70 bits per heavy atom. The third kappa shape index (κ3) is 3.70. The first kappa shape index (κ1) is 18.2. The Morgan fingerprint density at radius 3 is 2.63 bits per heavy atom. The molecule has 5 heteroatoms. The van der Waals surface area contributed by atoms with Crippen LogP contribution in [0.4, 0.5) is 5.82 Å². The summed E-state index contributed by atoms with van der Waals surface area (Å²) in [5.74, 6) is 0.551. The topological polar surface area (TPSA) is 62.7 Å². The SMILES string of the molecule is O=C(CCc1c[nH]c2ccccc12)Nc1ccn(Cc2cccc3ccccc23)n1. The van der Waals surface area contributed by atoms with Crippen LogP contribution in [0.2, 0.25) is 0 Å². The van der Waals surface area contributed by atoms with Crippen LogP contribution in [0.3, 0.4) is 0 Å². The number of rotatable bonds is 6. The van der Waals surface area contributed by atoms with E-state index in [-0.39, 0.29) is 5.91 Å². The zero-order valence-electron chi connectivity index (χ0n) is 16.5. The largest absolute Gasteiger partial charge is 0.361 e. The molecule has 0 saturated heterocycles. The molecule has 2 heterocycles. The average molecular weight is 394 g/mol. The van der Waals surface area contributed by atoms with Crippen LogP contribution in [-0.2, 0) is 17.8 Å². The molecule has 0 unspecified atom stereocenters. The summed E-state index contributed by atoms with van der Waals surface area (Å²) < 4.78 is 1.86. The molecule has 5 nitrogen and oxygen atoms in total. The van der Waals surface area contributed by atoms with Crippen molar-refractivity contribution in [3.8, 4) is 0 Å². The second kappa shape index (κ2) is 7.87. The molecular weight excluding hydrogens is 372 g/mol. The molecule has 3 aromatic carbocycles. The molecule has 0 atom stereocenters. The number of carbonyl (C=O) groups excluding carboxylic acids is 1. The molecule has 0 fully saturated rings. The average Bonchev–Trinajstić information content (AvgIpc) is 3.39. The fourth-order valence-corrected chi connectivity index (χ4v) is 3.91. The predicted octanol–water partition coefficient (Wildman–Crippen LogP) is 5.14. The van der Waals surface area contributed by atoms with Crippen molar-refractivity contribution in [3.63, 3.8) is 0 Å². The number of aromatic amines is 1. The van der Waals surface area contributed by atoms with Crippen LogP contribution in [0.25, 0.3) is 21.7 Å². The first-order chi connectivity index (χ1) is 14.8. The van der Waals surface area contributed by atoms with Gasteiger partial charge in [0.05, 0.1) is 6.54 Å². The Labute approximate surface area is 174 Å². The highest BCUT2D eigenvalue weighted by atomic mass is 16.1. The molecule has 148 valence electrons. The third-order valence-corrected chi connectivity index (χ3v) is 5.42. The van der Waals surface area contributed by atoms with Gasteiger partial charge in [-0.15, -0.1) is 0 Å². The monoisotopic (exact) mass is 394 g/mol. The zero-order chi connectivity index (χ0) is 20.3. The van der Waals surface area contributed by atoms with E-state index in [2.05, 4.69) is 51.8 Å². The number of anilines is 1. The number of hydrogen-bond donors (Lipinski definition) is 2. The normalized spacial score (nSPS) is 11.2. The van der Waals surface area contributed by atoms with Gasteiger partial charge in [0.15, 0.2) is 5.82 Å². The van der Waals surface area contributed by atoms with Gasteiger partial charge in [-0.25, -0.2) is 0 Å². The van der Waals surface area contributed by atoms with E-state index in [0.717, 1.165) is 11.1 Å². The molecule has 0 radical (unpaired) electrons. The summed E-state index contributed by atoms with van der Waals surface area (Å²) in [6.07, 6.45) is 4.98. The van der Waals surface area contributed by atoms with Crippen molar-refractivity contribution in [2.45, 2.75) is 19.4 Å². The van der Waals surface area contributed by atoms with Crippen molar-refractivity contribution in [2.75, 3.05) is 5.32 Å². The van der Waals surface area contributed by atoms with E-state index in [9.17, 15) is 4.79 Å². The van der Waals surface area contributed by atoms with Crippen molar-refractivity contribution in [1.82, 2.24) is 14.8 Å². The molecule has 5 rings (SSSR count). The number of amides is 1. The van der Waals surface area contributed by atoms with Crippen LogP contribution < -0.4 is 5.32 Å². The van der Waals surface area contributed by atoms with Gasteiger partial charge >= 0.3 is 0 Å². The molecule has 0 aliphatic heterocycles. The van der Waals surface area contributed by atoms with E-state index >= 15 is 0 Å². The summed E-state index contributed by atoms with van der Waals surface area (Å²) in [6, 6.07) is 24.6. The van der Waals surface area contributed by atoms with Gasteiger partial charge < -0.3 is 10.3 Å². The summed E-state index contributed by atoms with van der Waals surface area (Å²) in [5.41, 5.74) is 3.45. The number of hydrogen-bond acceptors (Lipinski definition) is 2. The highest BCUT2D eigenvalue weighted by Crippen LogP contribution is 2.21. The van der Waals surface area contributed by atoms with Gasteiger partial charge in [0.2, 0.25) is 5.91 Å². The number of carbonyl (C=O) groups is 1. The van der Waals surface area contributed by atoms with E-state index in [1.165, 1.54) is 21.7 Å². The molecule has 0 spiro atoms. The van der Waals surface area contributed by atoms with Crippen molar-refractivity contribution < 1.29 is 4.79 Å². The number of para-hydroxylation sites is 1. The maximum atomic E-state index is 12.4. The molecule has 2 aromatic heterocycles. The highest BCUT2D eigenvalue weighted by molar-refractivity contribution is 5.90. The standard InChI is InChI=1S/C25H22N4O/c30-25(13-12-19-16-26-23-11-4-3-10-22(19)23)27-24-14-15-29(28-24)17-20-8-5-7-18-6-1-2-9-21(18)20/h1-11,14-16,26H,12-13,17H2,(H,27,28,30). The van der Waals surface area contributed by atoms with Crippen LogP contribution in [0, 0.1) is 0 Å². The minimum atomic E-state index is -0.0318. The lowest BCUT2D eigenvalue weighted by molar-refractivity contribution is -0.116. The predicted molar refractivity (Wildman–Crippen MR) is 121 cm³/mol. The Balaban J connectivity index is 1.23. The number of nitrogens with zero attached hydrogens (tertiary/aromatic N) is 2. The van der Waals surface area contributed by atoms with Crippen LogP contribution in [0.5, 0.6) is 0 Å². The van der Waals surface area contributed by atoms with Gasteiger partial charge in [-0.2, -0.15) is 5.10 Å². The van der Waals surface area contributed by atoms with E-state index in [4.69, 9.17) is 0 Å². The third-order valence-electron chi connectivity index (χ3n) is 5.42. The minimum Gasteiger partial charge on any atom is -0.361 e. The number of aromatic nitrogens is 3. The Bertz CT molecular complexity index is 1330. The Morgan fingerprint density at radius 1 is 0.900 bits per heavy atom. The number of fused-ring (bicyclic) bond motifs is 2. The zero-order valence-corrected chi connectivity index (χ0v) is 16.5. The van der Waals surface area contributed by atoms with Crippen LogP contribution in [0.15, 0.2) is 85.2 Å². The Kier molecular flexibility index (Phi) is 4.77. The maximum Gasteiger partial charge on any atom is 0.225 e. The molecule has 0 saturated carbocycles. The number of aryl methyl sites for hydroxylation is 1. The molecular formula is C25H22N4O. The van der Waals surface area contributed by atoms with E-state index in [1.807, 2.05) is 53.5 Å². The fourth-order valence-electron chi connectivity index (χ4n) is 3.91. The lowest BCUT2D eigenvalue weighted by Gasteiger charge is -2.07. The maximum absolute atomic E-state index is 12.4.